The summed E-state index contributed by atoms with van der Waals surface area (Å²) in [5.41, 5.74) is 3.25. The summed E-state index contributed by atoms with van der Waals surface area (Å²) in [6.45, 7) is 3.70. The third-order valence-electron chi connectivity index (χ3n) is 4.48. The van der Waals surface area contributed by atoms with Gasteiger partial charge in [-0.1, -0.05) is 24.3 Å². The summed E-state index contributed by atoms with van der Waals surface area (Å²) in [5.74, 6) is 0.0184. The zero-order chi connectivity index (χ0) is 18.5. The Hall–Kier alpha value is -2.95. The molecule has 1 aromatic carbocycles. The van der Waals surface area contributed by atoms with E-state index in [4.69, 9.17) is 0 Å². The number of hydrogen-bond donors (Lipinski definition) is 2. The first-order valence-electron chi connectivity index (χ1n) is 8.84. The number of carbonyl (C=O) groups is 2. The number of amides is 2. The van der Waals surface area contributed by atoms with E-state index in [1.807, 2.05) is 32.0 Å². The van der Waals surface area contributed by atoms with Crippen molar-refractivity contribution in [2.75, 3.05) is 10.6 Å². The summed E-state index contributed by atoms with van der Waals surface area (Å²) in [6, 6.07) is 10.8. The first-order chi connectivity index (χ1) is 12.5. The second-order valence-electron chi connectivity index (χ2n) is 6.60. The van der Waals surface area contributed by atoms with Crippen LogP contribution in [-0.4, -0.2) is 16.8 Å². The summed E-state index contributed by atoms with van der Waals surface area (Å²) in [7, 11) is 0. The molecule has 0 fully saturated rings. The predicted molar refractivity (Wildman–Crippen MR) is 103 cm³/mol. The second-order valence-corrected chi connectivity index (χ2v) is 6.60. The maximum Gasteiger partial charge on any atom is 0.257 e. The molecular weight excluding hydrogens is 326 g/mol. The minimum Gasteiger partial charge on any atom is -0.324 e. The molecule has 0 radical (unpaired) electrons. The molecule has 3 rings (SSSR count). The van der Waals surface area contributed by atoms with Crippen molar-refractivity contribution in [3.63, 3.8) is 0 Å². The molecule has 2 aromatic rings. The Bertz CT molecular complexity index is 858. The van der Waals surface area contributed by atoms with Gasteiger partial charge in [0.15, 0.2) is 0 Å². The van der Waals surface area contributed by atoms with Gasteiger partial charge in [0.2, 0.25) is 5.91 Å². The van der Waals surface area contributed by atoms with Gasteiger partial charge >= 0.3 is 0 Å². The standard InChI is InChI=1S/C21H23N3O2/c1-14-11-12-17(15(2)22-14)21(26)24-19-10-6-5-9-18(19)23-20(25)13-16-7-3-4-8-16/h3,5-7,9-12,16H,4,8,13H2,1-2H3,(H,23,25)(H,24,26). The fourth-order valence-electron chi connectivity index (χ4n) is 3.12. The Balaban J connectivity index is 1.71. The quantitative estimate of drug-likeness (QED) is 0.793. The van der Waals surface area contributed by atoms with Gasteiger partial charge in [-0.05, 0) is 56.9 Å². The monoisotopic (exact) mass is 349 g/mol. The highest BCUT2D eigenvalue weighted by molar-refractivity contribution is 6.07. The van der Waals surface area contributed by atoms with Crippen LogP contribution in [0.25, 0.3) is 0 Å². The van der Waals surface area contributed by atoms with Gasteiger partial charge in [-0.2, -0.15) is 0 Å². The molecule has 5 nitrogen and oxygen atoms in total. The molecule has 1 unspecified atom stereocenters. The summed E-state index contributed by atoms with van der Waals surface area (Å²) < 4.78 is 0. The van der Waals surface area contributed by atoms with E-state index in [0.29, 0.717) is 35.0 Å². The number of pyridine rings is 1. The van der Waals surface area contributed by atoms with Crippen molar-refractivity contribution in [2.24, 2.45) is 5.92 Å². The highest BCUT2D eigenvalue weighted by atomic mass is 16.2. The molecule has 0 bridgehead atoms. The van der Waals surface area contributed by atoms with Gasteiger partial charge in [0.25, 0.3) is 5.91 Å². The molecule has 1 aliphatic rings. The third kappa shape index (κ3) is 4.36. The smallest absolute Gasteiger partial charge is 0.257 e. The minimum absolute atomic E-state index is 0.0450. The number of benzene rings is 1. The Morgan fingerprint density at radius 3 is 2.46 bits per heavy atom. The van der Waals surface area contributed by atoms with Gasteiger partial charge in [-0.15, -0.1) is 0 Å². The molecule has 1 atom stereocenters. The number of anilines is 2. The van der Waals surface area contributed by atoms with Crippen LogP contribution in [0.2, 0.25) is 0 Å². The normalized spacial score (nSPS) is 15.7. The first-order valence-corrected chi connectivity index (χ1v) is 8.84. The number of nitrogens with zero attached hydrogens (tertiary/aromatic N) is 1. The van der Waals surface area contributed by atoms with E-state index in [1.54, 1.807) is 18.2 Å². The molecule has 1 aliphatic carbocycles. The summed E-state index contributed by atoms with van der Waals surface area (Å²) in [6.07, 6.45) is 6.73. The number of allylic oxidation sites excluding steroid dienone is 2. The SMILES string of the molecule is Cc1ccc(C(=O)Nc2ccccc2NC(=O)CC2C=CCC2)c(C)n1. The molecule has 5 heteroatoms. The van der Waals surface area contributed by atoms with Crippen molar-refractivity contribution in [1.29, 1.82) is 0 Å². The molecule has 0 saturated carbocycles. The molecule has 2 N–H and O–H groups in total. The van der Waals surface area contributed by atoms with Gasteiger partial charge in [0.05, 0.1) is 22.6 Å². The maximum atomic E-state index is 12.6. The highest BCUT2D eigenvalue weighted by Crippen LogP contribution is 2.25. The van der Waals surface area contributed by atoms with E-state index in [-0.39, 0.29) is 11.8 Å². The second kappa shape index (κ2) is 7.95. The lowest BCUT2D eigenvalue weighted by atomic mass is 10.0. The van der Waals surface area contributed by atoms with Gasteiger partial charge in [-0.3, -0.25) is 14.6 Å². The van der Waals surface area contributed by atoms with E-state index in [0.717, 1.165) is 18.5 Å². The molecule has 2 amide bonds. The average molecular weight is 349 g/mol. The summed E-state index contributed by atoms with van der Waals surface area (Å²) >= 11 is 0. The van der Waals surface area contributed by atoms with E-state index in [9.17, 15) is 9.59 Å². The number of aromatic nitrogens is 1. The Morgan fingerprint density at radius 1 is 1.08 bits per heavy atom. The van der Waals surface area contributed by atoms with E-state index < -0.39 is 0 Å². The maximum absolute atomic E-state index is 12.6. The fourth-order valence-corrected chi connectivity index (χ4v) is 3.12. The fraction of sp³-hybridized carbons (Fsp3) is 0.286. The van der Waals surface area contributed by atoms with Crippen LogP contribution in [0.1, 0.15) is 41.0 Å². The Morgan fingerprint density at radius 2 is 1.81 bits per heavy atom. The number of nitrogens with one attached hydrogen (secondary N) is 2. The van der Waals surface area contributed by atoms with Crippen LogP contribution in [-0.2, 0) is 4.79 Å². The predicted octanol–water partition coefficient (Wildman–Crippen LogP) is 4.25. The number of hydrogen-bond acceptors (Lipinski definition) is 3. The van der Waals surface area contributed by atoms with Crippen molar-refractivity contribution in [3.8, 4) is 0 Å². The first kappa shape index (κ1) is 17.9. The zero-order valence-corrected chi connectivity index (χ0v) is 15.1. The Labute approximate surface area is 153 Å². The molecule has 26 heavy (non-hydrogen) atoms. The minimum atomic E-state index is -0.240. The van der Waals surface area contributed by atoms with Crippen molar-refractivity contribution in [1.82, 2.24) is 4.98 Å². The topological polar surface area (TPSA) is 71.1 Å². The van der Waals surface area contributed by atoms with Crippen LogP contribution in [0.5, 0.6) is 0 Å². The molecule has 1 aromatic heterocycles. The Kier molecular flexibility index (Phi) is 5.46. The van der Waals surface area contributed by atoms with Gasteiger partial charge < -0.3 is 10.6 Å². The van der Waals surface area contributed by atoms with Crippen LogP contribution in [0.3, 0.4) is 0 Å². The largest absolute Gasteiger partial charge is 0.324 e. The summed E-state index contributed by atoms with van der Waals surface area (Å²) in [4.78, 5) is 29.2. The van der Waals surface area contributed by atoms with Crippen molar-refractivity contribution >= 4 is 23.2 Å². The van der Waals surface area contributed by atoms with Crippen molar-refractivity contribution in [2.45, 2.75) is 33.1 Å². The van der Waals surface area contributed by atoms with Crippen LogP contribution in [0.4, 0.5) is 11.4 Å². The lowest BCUT2D eigenvalue weighted by molar-refractivity contribution is -0.116. The van der Waals surface area contributed by atoms with Gasteiger partial charge in [0.1, 0.15) is 0 Å². The van der Waals surface area contributed by atoms with Crippen LogP contribution < -0.4 is 10.6 Å². The highest BCUT2D eigenvalue weighted by Gasteiger charge is 2.16. The van der Waals surface area contributed by atoms with E-state index in [1.165, 1.54) is 0 Å². The van der Waals surface area contributed by atoms with E-state index in [2.05, 4.69) is 27.8 Å². The van der Waals surface area contributed by atoms with Crippen LogP contribution in [0, 0.1) is 19.8 Å². The van der Waals surface area contributed by atoms with Crippen LogP contribution >= 0.6 is 0 Å². The average Bonchev–Trinajstić information content (AvgIpc) is 3.09. The molecule has 1 heterocycles. The number of aryl methyl sites for hydroxylation is 2. The van der Waals surface area contributed by atoms with Crippen molar-refractivity contribution in [3.05, 3.63) is 65.5 Å². The van der Waals surface area contributed by atoms with Crippen molar-refractivity contribution < 1.29 is 9.59 Å². The van der Waals surface area contributed by atoms with E-state index >= 15 is 0 Å². The molecule has 0 aliphatic heterocycles. The number of rotatable bonds is 5. The number of para-hydroxylation sites is 2. The molecular formula is C21H23N3O2. The van der Waals surface area contributed by atoms with Gasteiger partial charge in [-0.25, -0.2) is 0 Å². The zero-order valence-electron chi connectivity index (χ0n) is 15.1. The lowest BCUT2D eigenvalue weighted by Crippen LogP contribution is -2.18. The number of carbonyl (C=O) groups excluding carboxylic acids is 2. The van der Waals surface area contributed by atoms with Crippen LogP contribution in [0.15, 0.2) is 48.6 Å². The molecule has 0 spiro atoms. The van der Waals surface area contributed by atoms with Gasteiger partial charge in [0, 0.05) is 12.1 Å². The molecule has 134 valence electrons. The summed E-state index contributed by atoms with van der Waals surface area (Å²) in [5, 5.41) is 5.79. The lowest BCUT2D eigenvalue weighted by Gasteiger charge is -2.14. The molecule has 0 saturated heterocycles. The third-order valence-corrected chi connectivity index (χ3v) is 4.48.